The summed E-state index contributed by atoms with van der Waals surface area (Å²) in [5, 5.41) is 3.26. The smallest absolute Gasteiger partial charge is 0.221 e. The second-order valence-electron chi connectivity index (χ2n) is 4.03. The average Bonchev–Trinajstić information content (AvgIpc) is 2.58. The van der Waals surface area contributed by atoms with Crippen molar-refractivity contribution < 1.29 is 4.42 Å². The molecule has 0 aliphatic carbocycles. The van der Waals surface area contributed by atoms with Crippen molar-refractivity contribution in [3.05, 3.63) is 35.4 Å². The first-order valence-electron chi connectivity index (χ1n) is 5.48. The summed E-state index contributed by atoms with van der Waals surface area (Å²) in [6.45, 7) is 5.94. The summed E-state index contributed by atoms with van der Waals surface area (Å²) in [4.78, 5) is 7.95. The van der Waals surface area contributed by atoms with Gasteiger partial charge in [-0.15, -0.1) is 0 Å². The third-order valence-corrected chi connectivity index (χ3v) is 2.58. The van der Waals surface area contributed by atoms with Crippen molar-refractivity contribution in [2.24, 2.45) is 0 Å². The molecule has 0 aliphatic rings. The molecule has 2 rings (SSSR count). The maximum absolute atomic E-state index is 5.53. The monoisotopic (exact) mass is 232 g/mol. The molecule has 0 saturated heterocycles. The fraction of sp³-hybridized carbons (Fsp3) is 0.333. The molecule has 0 amide bonds. The summed E-state index contributed by atoms with van der Waals surface area (Å²) in [6.07, 6.45) is 1.63. The summed E-state index contributed by atoms with van der Waals surface area (Å²) in [5.41, 5.74) is 6.65. The molecule has 17 heavy (non-hydrogen) atoms. The molecular formula is C12H16N4O. The van der Waals surface area contributed by atoms with E-state index in [-0.39, 0.29) is 12.0 Å². The van der Waals surface area contributed by atoms with Gasteiger partial charge in [0.15, 0.2) is 0 Å². The molecular weight excluding hydrogens is 216 g/mol. The molecule has 5 nitrogen and oxygen atoms in total. The van der Waals surface area contributed by atoms with Crippen molar-refractivity contribution in [2.75, 3.05) is 11.1 Å². The van der Waals surface area contributed by atoms with Gasteiger partial charge in [-0.1, -0.05) is 0 Å². The van der Waals surface area contributed by atoms with Crippen LogP contribution in [0.4, 0.5) is 11.8 Å². The number of nitrogens with zero attached hydrogens (tertiary/aromatic N) is 2. The summed E-state index contributed by atoms with van der Waals surface area (Å²) in [6, 6.07) is 3.92. The van der Waals surface area contributed by atoms with Crippen LogP contribution in [0.5, 0.6) is 0 Å². The first kappa shape index (κ1) is 11.4. The Kier molecular flexibility index (Phi) is 2.99. The number of rotatable bonds is 3. The van der Waals surface area contributed by atoms with Crippen molar-refractivity contribution in [3.63, 3.8) is 0 Å². The average molecular weight is 232 g/mol. The van der Waals surface area contributed by atoms with Crippen molar-refractivity contribution in [1.29, 1.82) is 0 Å². The highest BCUT2D eigenvalue weighted by atomic mass is 16.3. The Morgan fingerprint density at radius 3 is 2.76 bits per heavy atom. The zero-order valence-electron chi connectivity index (χ0n) is 10.2. The standard InChI is InChI=1S/C12H16N4O/c1-7-6-10(9(3)17-7)8(2)15-11-4-5-14-12(13)16-11/h4-6,8H,1-3H3,(H3,13,14,15,16). The summed E-state index contributed by atoms with van der Waals surface area (Å²) < 4.78 is 5.50. The number of nitrogens with two attached hydrogens (primary N) is 1. The molecule has 0 bridgehead atoms. The summed E-state index contributed by atoms with van der Waals surface area (Å²) >= 11 is 0. The third kappa shape index (κ3) is 2.55. The SMILES string of the molecule is Cc1cc(C(C)Nc2ccnc(N)n2)c(C)o1. The lowest BCUT2D eigenvalue weighted by Crippen LogP contribution is -2.09. The molecule has 2 aromatic heterocycles. The highest BCUT2D eigenvalue weighted by molar-refractivity contribution is 5.41. The molecule has 0 fully saturated rings. The fourth-order valence-corrected chi connectivity index (χ4v) is 1.83. The van der Waals surface area contributed by atoms with Gasteiger partial charge in [0.1, 0.15) is 17.3 Å². The Labute approximate surface area is 100 Å². The zero-order chi connectivity index (χ0) is 12.4. The Bertz CT molecular complexity index is 521. The molecule has 0 aliphatic heterocycles. The molecule has 1 unspecified atom stereocenters. The minimum atomic E-state index is 0.113. The number of nitrogens with one attached hydrogen (secondary N) is 1. The van der Waals surface area contributed by atoms with Gasteiger partial charge in [-0.05, 0) is 32.9 Å². The van der Waals surface area contributed by atoms with Gasteiger partial charge in [0, 0.05) is 11.8 Å². The van der Waals surface area contributed by atoms with Crippen LogP contribution in [0.2, 0.25) is 0 Å². The molecule has 0 aromatic carbocycles. The first-order valence-corrected chi connectivity index (χ1v) is 5.48. The predicted molar refractivity (Wildman–Crippen MR) is 66.7 cm³/mol. The molecule has 0 spiro atoms. The van der Waals surface area contributed by atoms with Gasteiger partial charge in [0.2, 0.25) is 5.95 Å². The number of nitrogen functional groups attached to an aromatic ring is 1. The topological polar surface area (TPSA) is 77.0 Å². The Morgan fingerprint density at radius 2 is 2.18 bits per heavy atom. The maximum Gasteiger partial charge on any atom is 0.221 e. The van der Waals surface area contributed by atoms with Gasteiger partial charge >= 0.3 is 0 Å². The highest BCUT2D eigenvalue weighted by Gasteiger charge is 2.12. The fourth-order valence-electron chi connectivity index (χ4n) is 1.83. The number of aryl methyl sites for hydroxylation is 2. The molecule has 5 heteroatoms. The lowest BCUT2D eigenvalue weighted by molar-refractivity contribution is 0.500. The lowest BCUT2D eigenvalue weighted by Gasteiger charge is -2.13. The largest absolute Gasteiger partial charge is 0.466 e. The molecule has 3 N–H and O–H groups in total. The van der Waals surface area contributed by atoms with Gasteiger partial charge in [-0.25, -0.2) is 4.98 Å². The van der Waals surface area contributed by atoms with Crippen LogP contribution >= 0.6 is 0 Å². The van der Waals surface area contributed by atoms with E-state index in [1.807, 2.05) is 19.9 Å². The van der Waals surface area contributed by atoms with Gasteiger partial charge < -0.3 is 15.5 Å². The van der Waals surface area contributed by atoms with E-state index in [1.165, 1.54) is 0 Å². The van der Waals surface area contributed by atoms with E-state index in [4.69, 9.17) is 10.2 Å². The number of anilines is 2. The number of aromatic nitrogens is 2. The van der Waals surface area contributed by atoms with E-state index in [0.29, 0.717) is 5.82 Å². The highest BCUT2D eigenvalue weighted by Crippen LogP contribution is 2.24. The maximum atomic E-state index is 5.53. The van der Waals surface area contributed by atoms with E-state index in [9.17, 15) is 0 Å². The predicted octanol–water partition coefficient (Wildman–Crippen LogP) is 2.44. The van der Waals surface area contributed by atoms with Crippen LogP contribution in [0.15, 0.2) is 22.7 Å². The Hall–Kier alpha value is -2.04. The van der Waals surface area contributed by atoms with Crippen LogP contribution in [-0.4, -0.2) is 9.97 Å². The van der Waals surface area contributed by atoms with Gasteiger partial charge in [-0.3, -0.25) is 0 Å². The van der Waals surface area contributed by atoms with Crippen molar-refractivity contribution in [3.8, 4) is 0 Å². The van der Waals surface area contributed by atoms with Gasteiger partial charge in [-0.2, -0.15) is 4.98 Å². The second kappa shape index (κ2) is 4.45. The van der Waals surface area contributed by atoms with E-state index < -0.39 is 0 Å². The number of hydrogen-bond donors (Lipinski definition) is 2. The molecule has 2 heterocycles. The van der Waals surface area contributed by atoms with E-state index in [0.717, 1.165) is 17.1 Å². The lowest BCUT2D eigenvalue weighted by atomic mass is 10.1. The van der Waals surface area contributed by atoms with Gasteiger partial charge in [0.25, 0.3) is 0 Å². The van der Waals surface area contributed by atoms with E-state index in [2.05, 4.69) is 22.2 Å². The van der Waals surface area contributed by atoms with Crippen LogP contribution in [-0.2, 0) is 0 Å². The summed E-state index contributed by atoms with van der Waals surface area (Å²) in [5.74, 6) is 2.81. The van der Waals surface area contributed by atoms with Crippen LogP contribution in [0.3, 0.4) is 0 Å². The quantitative estimate of drug-likeness (QED) is 0.849. The Morgan fingerprint density at radius 1 is 1.41 bits per heavy atom. The van der Waals surface area contributed by atoms with Crippen LogP contribution < -0.4 is 11.1 Å². The number of hydrogen-bond acceptors (Lipinski definition) is 5. The van der Waals surface area contributed by atoms with Crippen LogP contribution in [0.1, 0.15) is 30.0 Å². The van der Waals surface area contributed by atoms with Crippen LogP contribution in [0, 0.1) is 13.8 Å². The molecule has 0 radical (unpaired) electrons. The second-order valence-corrected chi connectivity index (χ2v) is 4.03. The Balaban J connectivity index is 2.16. The third-order valence-electron chi connectivity index (χ3n) is 2.58. The van der Waals surface area contributed by atoms with Crippen molar-refractivity contribution in [1.82, 2.24) is 9.97 Å². The molecule has 90 valence electrons. The molecule has 1 atom stereocenters. The van der Waals surface area contributed by atoms with Crippen molar-refractivity contribution in [2.45, 2.75) is 26.8 Å². The van der Waals surface area contributed by atoms with Crippen molar-refractivity contribution >= 4 is 11.8 Å². The van der Waals surface area contributed by atoms with E-state index >= 15 is 0 Å². The van der Waals surface area contributed by atoms with Gasteiger partial charge in [0.05, 0.1) is 6.04 Å². The number of furan rings is 1. The summed E-state index contributed by atoms with van der Waals surface area (Å²) in [7, 11) is 0. The van der Waals surface area contributed by atoms with Crippen LogP contribution in [0.25, 0.3) is 0 Å². The zero-order valence-corrected chi connectivity index (χ0v) is 10.2. The van der Waals surface area contributed by atoms with E-state index in [1.54, 1.807) is 12.3 Å². The minimum absolute atomic E-state index is 0.113. The normalized spacial score (nSPS) is 12.4. The molecule has 2 aromatic rings. The first-order chi connectivity index (χ1) is 8.06. The minimum Gasteiger partial charge on any atom is -0.466 e. The molecule has 0 saturated carbocycles.